The molecular weight excluding hydrogens is 478 g/mol. The normalized spacial score (nSPS) is 17.8. The monoisotopic (exact) mass is 501 g/mol. The molecule has 34 heavy (non-hydrogen) atoms. The fourth-order valence-electron chi connectivity index (χ4n) is 4.22. The maximum atomic E-state index is 13.3. The predicted molar refractivity (Wildman–Crippen MR) is 131 cm³/mol. The molecule has 178 valence electrons. The number of carbonyl (C=O) groups is 1. The van der Waals surface area contributed by atoms with Crippen molar-refractivity contribution in [1.82, 2.24) is 4.90 Å². The minimum Gasteiger partial charge on any atom is -0.496 e. The first-order valence-corrected chi connectivity index (χ1v) is 11.8. The van der Waals surface area contributed by atoms with Crippen LogP contribution < -0.4 is 23.8 Å². The molecule has 4 rings (SSSR count). The van der Waals surface area contributed by atoms with Gasteiger partial charge in [-0.2, -0.15) is 5.26 Å². The van der Waals surface area contributed by atoms with Crippen molar-refractivity contribution < 1.29 is 23.7 Å². The molecular formula is C24H24ClN3O5S. The van der Waals surface area contributed by atoms with E-state index in [4.69, 9.17) is 30.5 Å². The number of amides is 1. The maximum absolute atomic E-state index is 13.3. The second kappa shape index (κ2) is 9.95. The molecule has 1 amide bonds. The summed E-state index contributed by atoms with van der Waals surface area (Å²) in [6, 6.07) is 11.2. The zero-order valence-corrected chi connectivity index (χ0v) is 20.8. The van der Waals surface area contributed by atoms with Crippen molar-refractivity contribution in [3.05, 3.63) is 51.5 Å². The molecule has 2 heterocycles. The molecule has 0 unspecified atom stereocenters. The number of methoxy groups -OCH3 is 4. The average Bonchev–Trinajstić information content (AvgIpc) is 2.87. The van der Waals surface area contributed by atoms with Gasteiger partial charge in [0.15, 0.2) is 11.5 Å². The molecule has 1 saturated heterocycles. The smallest absolute Gasteiger partial charge is 0.229 e. The Balaban J connectivity index is 1.73. The van der Waals surface area contributed by atoms with E-state index in [2.05, 4.69) is 6.07 Å². The summed E-state index contributed by atoms with van der Waals surface area (Å²) >= 11 is 7.65. The highest BCUT2D eigenvalue weighted by molar-refractivity contribution is 8.03. The van der Waals surface area contributed by atoms with Crippen molar-refractivity contribution in [3.8, 4) is 29.1 Å². The summed E-state index contributed by atoms with van der Waals surface area (Å²) in [7, 11) is 6.23. The minimum absolute atomic E-state index is 0.0889. The van der Waals surface area contributed by atoms with Crippen LogP contribution in [0.4, 0.5) is 5.69 Å². The maximum Gasteiger partial charge on any atom is 0.229 e. The summed E-state index contributed by atoms with van der Waals surface area (Å²) in [6.45, 7) is 0.291. The fourth-order valence-corrected chi connectivity index (χ4v) is 5.54. The molecule has 2 aromatic carbocycles. The van der Waals surface area contributed by atoms with Crippen molar-refractivity contribution in [1.29, 1.82) is 5.26 Å². The van der Waals surface area contributed by atoms with Crippen LogP contribution >= 0.6 is 23.4 Å². The lowest BCUT2D eigenvalue weighted by Crippen LogP contribution is -2.47. The lowest BCUT2D eigenvalue weighted by Gasteiger charge is -2.42. The second-order valence-corrected chi connectivity index (χ2v) is 9.00. The van der Waals surface area contributed by atoms with Crippen molar-refractivity contribution in [2.45, 2.75) is 12.3 Å². The quantitative estimate of drug-likeness (QED) is 0.568. The van der Waals surface area contributed by atoms with Crippen LogP contribution in [0.25, 0.3) is 0 Å². The van der Waals surface area contributed by atoms with Crippen LogP contribution in [0.15, 0.2) is 40.9 Å². The number of halogens is 1. The Morgan fingerprint density at radius 3 is 2.32 bits per heavy atom. The van der Waals surface area contributed by atoms with E-state index in [0.29, 0.717) is 56.7 Å². The zero-order chi connectivity index (χ0) is 24.4. The molecule has 0 radical (unpaired) electrons. The number of fused-ring (bicyclic) bond motifs is 1. The van der Waals surface area contributed by atoms with Gasteiger partial charge in [-0.3, -0.25) is 9.69 Å². The van der Waals surface area contributed by atoms with Crippen LogP contribution in [0.5, 0.6) is 23.0 Å². The molecule has 2 aromatic rings. The summed E-state index contributed by atoms with van der Waals surface area (Å²) in [6.07, 6.45) is 0.124. The van der Waals surface area contributed by atoms with Crippen molar-refractivity contribution >= 4 is 35.0 Å². The van der Waals surface area contributed by atoms with Gasteiger partial charge in [-0.15, -0.1) is 0 Å². The molecule has 0 bridgehead atoms. The molecule has 8 nitrogen and oxygen atoms in total. The van der Waals surface area contributed by atoms with Gasteiger partial charge in [0.2, 0.25) is 5.91 Å². The Hall–Kier alpha value is -3.22. The van der Waals surface area contributed by atoms with Crippen LogP contribution in [0, 0.1) is 11.3 Å². The summed E-state index contributed by atoms with van der Waals surface area (Å²) in [5.41, 5.74) is 2.01. The van der Waals surface area contributed by atoms with E-state index in [1.807, 2.05) is 11.0 Å². The lowest BCUT2D eigenvalue weighted by molar-refractivity contribution is -0.129. The fraction of sp³-hybridized carbons (Fsp3) is 0.333. The zero-order valence-electron chi connectivity index (χ0n) is 19.3. The number of hydrogen-bond acceptors (Lipinski definition) is 8. The van der Waals surface area contributed by atoms with E-state index < -0.39 is 5.92 Å². The number of ether oxygens (including phenoxy) is 4. The van der Waals surface area contributed by atoms with Gasteiger partial charge in [0.1, 0.15) is 11.5 Å². The first-order valence-electron chi connectivity index (χ1n) is 10.4. The Labute approximate surface area is 207 Å². The van der Waals surface area contributed by atoms with Crippen LogP contribution in [0.1, 0.15) is 17.9 Å². The highest BCUT2D eigenvalue weighted by atomic mass is 35.5. The molecule has 0 aliphatic carbocycles. The number of carbonyl (C=O) groups excluding carboxylic acids is 1. The molecule has 0 N–H and O–H groups in total. The van der Waals surface area contributed by atoms with Crippen LogP contribution in [0.3, 0.4) is 0 Å². The summed E-state index contributed by atoms with van der Waals surface area (Å²) in [5.74, 6) is 2.18. The molecule has 1 atom stereocenters. The highest BCUT2D eigenvalue weighted by Gasteiger charge is 2.40. The standard InChI is InChI=1S/C24H24ClN3O5S/c1-30-19-6-5-14(25)7-18(19)27-12-28-23(29)9-15(17(11-26)24(28)34-13-27)16-8-21(32-3)22(33-4)10-20(16)31-2/h5-8,10,15H,9,12-13H2,1-4H3/t15-/m1/s1. The van der Waals surface area contributed by atoms with Gasteiger partial charge in [0, 0.05) is 29.0 Å². The minimum atomic E-state index is -0.460. The Morgan fingerprint density at radius 1 is 1.00 bits per heavy atom. The van der Waals surface area contributed by atoms with Gasteiger partial charge in [-0.25, -0.2) is 0 Å². The van der Waals surface area contributed by atoms with Gasteiger partial charge in [-0.05, 0) is 24.3 Å². The molecule has 0 aromatic heterocycles. The van der Waals surface area contributed by atoms with E-state index in [0.717, 1.165) is 5.69 Å². The summed E-state index contributed by atoms with van der Waals surface area (Å²) in [4.78, 5) is 17.0. The van der Waals surface area contributed by atoms with E-state index in [1.54, 1.807) is 57.6 Å². The lowest BCUT2D eigenvalue weighted by atomic mass is 9.85. The van der Waals surface area contributed by atoms with E-state index in [1.165, 1.54) is 11.8 Å². The number of benzene rings is 2. The van der Waals surface area contributed by atoms with Crippen molar-refractivity contribution in [3.63, 3.8) is 0 Å². The van der Waals surface area contributed by atoms with Crippen molar-refractivity contribution in [2.75, 3.05) is 45.9 Å². The van der Waals surface area contributed by atoms with Gasteiger partial charge >= 0.3 is 0 Å². The largest absolute Gasteiger partial charge is 0.496 e. The SMILES string of the molecule is COc1cc(OC)c([C@H]2CC(=O)N3CN(c4cc(Cl)ccc4OC)CSC3=C2C#N)cc1OC. The number of nitriles is 1. The molecule has 0 saturated carbocycles. The third-order valence-corrected chi connectivity index (χ3v) is 7.28. The number of thioether (sulfide) groups is 1. The molecule has 10 heteroatoms. The van der Waals surface area contributed by atoms with E-state index in [-0.39, 0.29) is 12.3 Å². The Kier molecular flexibility index (Phi) is 7.00. The van der Waals surface area contributed by atoms with Crippen LogP contribution in [0.2, 0.25) is 5.02 Å². The molecule has 1 fully saturated rings. The number of anilines is 1. The predicted octanol–water partition coefficient (Wildman–Crippen LogP) is 4.59. The Bertz CT molecular complexity index is 1200. The molecule has 2 aliphatic rings. The first kappa shape index (κ1) is 23.9. The van der Waals surface area contributed by atoms with E-state index in [9.17, 15) is 10.1 Å². The molecule has 0 spiro atoms. The van der Waals surface area contributed by atoms with Crippen molar-refractivity contribution in [2.24, 2.45) is 0 Å². The second-order valence-electron chi connectivity index (χ2n) is 7.63. The van der Waals surface area contributed by atoms with Gasteiger partial charge in [0.25, 0.3) is 0 Å². The van der Waals surface area contributed by atoms with Gasteiger partial charge in [0.05, 0.1) is 63.3 Å². The summed E-state index contributed by atoms with van der Waals surface area (Å²) in [5, 5.41) is 11.4. The molecule has 2 aliphatic heterocycles. The topological polar surface area (TPSA) is 84.3 Å². The number of nitrogens with zero attached hydrogens (tertiary/aromatic N) is 3. The van der Waals surface area contributed by atoms with Crippen LogP contribution in [-0.2, 0) is 4.79 Å². The van der Waals surface area contributed by atoms with E-state index >= 15 is 0 Å². The van der Waals surface area contributed by atoms with Crippen LogP contribution in [-0.4, -0.2) is 51.8 Å². The van der Waals surface area contributed by atoms with Gasteiger partial charge < -0.3 is 23.8 Å². The third-order valence-electron chi connectivity index (χ3n) is 5.89. The number of hydrogen-bond donors (Lipinski definition) is 0. The highest BCUT2D eigenvalue weighted by Crippen LogP contribution is 2.48. The average molecular weight is 502 g/mol. The third kappa shape index (κ3) is 4.19. The van der Waals surface area contributed by atoms with Gasteiger partial charge in [-0.1, -0.05) is 23.4 Å². The first-order chi connectivity index (χ1) is 16.4. The number of rotatable bonds is 6. The Morgan fingerprint density at radius 2 is 1.68 bits per heavy atom. The summed E-state index contributed by atoms with van der Waals surface area (Å²) < 4.78 is 21.9. The number of allylic oxidation sites excluding steroid dienone is 1.